The molecule has 2 heterocycles. The largest absolute Gasteiger partial charge is 0.369 e. The second-order valence-electron chi connectivity index (χ2n) is 7.79. The second kappa shape index (κ2) is 10.1. The van der Waals surface area contributed by atoms with Crippen molar-refractivity contribution in [2.24, 2.45) is 15.1 Å². The van der Waals surface area contributed by atoms with E-state index in [1.165, 1.54) is 34.8 Å². The first-order valence-corrected chi connectivity index (χ1v) is 11.6. The first-order valence-electron chi connectivity index (χ1n) is 10.1. The molecule has 174 valence electrons. The molecule has 0 spiro atoms. The molecule has 0 aliphatic carbocycles. The van der Waals surface area contributed by atoms with Crippen molar-refractivity contribution in [2.75, 3.05) is 18.4 Å². The molecule has 1 aromatic carbocycles. The van der Waals surface area contributed by atoms with Crippen LogP contribution in [0.25, 0.3) is 0 Å². The van der Waals surface area contributed by atoms with E-state index < -0.39 is 28.0 Å². The Morgan fingerprint density at radius 1 is 1.39 bits per heavy atom. The summed E-state index contributed by atoms with van der Waals surface area (Å²) in [5.74, 6) is -1.16. The van der Waals surface area contributed by atoms with Gasteiger partial charge in [-0.1, -0.05) is 11.6 Å². The highest BCUT2D eigenvalue weighted by atomic mass is 35.5. The van der Waals surface area contributed by atoms with Gasteiger partial charge in [0.25, 0.3) is 5.91 Å². The van der Waals surface area contributed by atoms with Gasteiger partial charge in [0.1, 0.15) is 28.4 Å². The topological polar surface area (TPSA) is 137 Å². The molecule has 9 nitrogen and oxygen atoms in total. The summed E-state index contributed by atoms with van der Waals surface area (Å²) in [5.41, 5.74) is 5.58. The Morgan fingerprint density at radius 3 is 2.85 bits per heavy atom. The Kier molecular flexibility index (Phi) is 7.50. The van der Waals surface area contributed by atoms with Crippen LogP contribution in [-0.2, 0) is 16.3 Å². The number of nitrogens with two attached hydrogens (primary N) is 1. The lowest BCUT2D eigenvalue weighted by Gasteiger charge is -2.25. The first-order chi connectivity index (χ1) is 15.6. The Morgan fingerprint density at radius 2 is 2.15 bits per heavy atom. The Bertz CT molecular complexity index is 1240. The summed E-state index contributed by atoms with van der Waals surface area (Å²) < 4.78 is 32.5. The van der Waals surface area contributed by atoms with Crippen LogP contribution in [0.3, 0.4) is 0 Å². The third kappa shape index (κ3) is 5.77. The van der Waals surface area contributed by atoms with Crippen LogP contribution < -0.4 is 11.1 Å². The third-order valence-corrected chi connectivity index (χ3v) is 6.48. The third-order valence-electron chi connectivity index (χ3n) is 4.93. The first kappa shape index (κ1) is 24.4. The Balaban J connectivity index is 1.88. The normalized spacial score (nSPS) is 17.0. The van der Waals surface area contributed by atoms with Crippen molar-refractivity contribution < 1.29 is 13.4 Å². The number of nitrogens with one attached hydrogen (secondary N) is 1. The van der Waals surface area contributed by atoms with Crippen LogP contribution in [0.15, 0.2) is 39.8 Å². The van der Waals surface area contributed by atoms with Crippen molar-refractivity contribution >= 4 is 39.9 Å². The van der Waals surface area contributed by atoms with Crippen LogP contribution in [0.2, 0.25) is 5.02 Å². The number of amides is 1. The molecule has 3 rings (SSSR count). The summed E-state index contributed by atoms with van der Waals surface area (Å²) in [5, 5.41) is 11.5. The van der Waals surface area contributed by atoms with Gasteiger partial charge >= 0.3 is 0 Å². The number of pyridine rings is 1. The van der Waals surface area contributed by atoms with Gasteiger partial charge in [-0.05, 0) is 51.0 Å². The van der Waals surface area contributed by atoms with Crippen LogP contribution in [0.4, 0.5) is 10.1 Å². The van der Waals surface area contributed by atoms with Crippen LogP contribution >= 0.6 is 11.6 Å². The van der Waals surface area contributed by atoms with Gasteiger partial charge in [0, 0.05) is 30.5 Å². The summed E-state index contributed by atoms with van der Waals surface area (Å²) in [7, 11) is -2.04. The lowest BCUT2D eigenvalue weighted by atomic mass is 9.94. The molecule has 1 amide bonds. The quantitative estimate of drug-likeness (QED) is 0.342. The van der Waals surface area contributed by atoms with E-state index >= 15 is 0 Å². The minimum absolute atomic E-state index is 0.00849. The number of hydrogen-bond acceptors (Lipinski definition) is 6. The molecule has 1 aromatic heterocycles. The fourth-order valence-corrected chi connectivity index (χ4v) is 4.48. The number of carbonyl (C=O) groups is 1. The van der Waals surface area contributed by atoms with Crippen molar-refractivity contribution in [1.29, 1.82) is 5.26 Å². The van der Waals surface area contributed by atoms with Gasteiger partial charge < -0.3 is 11.1 Å². The number of guanidine groups is 1. The van der Waals surface area contributed by atoms with E-state index in [1.54, 1.807) is 13.8 Å². The summed E-state index contributed by atoms with van der Waals surface area (Å²) in [6.45, 7) is 4.26. The van der Waals surface area contributed by atoms with Crippen molar-refractivity contribution in [3.63, 3.8) is 0 Å². The van der Waals surface area contributed by atoms with Gasteiger partial charge in [-0.2, -0.15) is 5.26 Å². The van der Waals surface area contributed by atoms with Crippen molar-refractivity contribution in [1.82, 2.24) is 9.29 Å². The summed E-state index contributed by atoms with van der Waals surface area (Å²) in [6.07, 6.45) is 2.81. The van der Waals surface area contributed by atoms with Crippen molar-refractivity contribution in [2.45, 2.75) is 32.2 Å². The highest BCUT2D eigenvalue weighted by molar-refractivity contribution is 7.73. The number of aliphatic imine (C=N–C) groups is 1. The molecule has 0 saturated heterocycles. The molecule has 0 bridgehead atoms. The maximum Gasteiger partial charge on any atom is 0.275 e. The molecule has 0 radical (unpaired) electrons. The van der Waals surface area contributed by atoms with Crippen LogP contribution in [-0.4, -0.2) is 38.5 Å². The number of thiol groups is 1. The number of benzene rings is 1. The zero-order chi connectivity index (χ0) is 24.2. The van der Waals surface area contributed by atoms with Gasteiger partial charge in [0.15, 0.2) is 0 Å². The Labute approximate surface area is 197 Å². The van der Waals surface area contributed by atoms with E-state index in [9.17, 15) is 13.4 Å². The smallest absolute Gasteiger partial charge is 0.275 e. The standard InChI is InChI=1S/C21H23ClFN7O2S/c1-21(2,29-20(25)30-8-4-3-7-27-33(30)32)15-10-14(5-6-17(15)23)28-19(31)18-16(22)9-13(11-24)12-26-18/h5-6,9-10,12,33H,3-4,7-8H2,1-2H3,(H2,25,29)(H,28,31). The zero-order valence-corrected chi connectivity index (χ0v) is 19.7. The molecule has 12 heteroatoms. The number of halogens is 2. The van der Waals surface area contributed by atoms with E-state index in [2.05, 4.69) is 19.7 Å². The molecule has 0 saturated carbocycles. The molecule has 1 unspecified atom stereocenters. The molecular formula is C21H23ClFN7O2S. The fourth-order valence-electron chi connectivity index (χ4n) is 3.23. The predicted octanol–water partition coefficient (Wildman–Crippen LogP) is 3.22. The molecule has 1 atom stereocenters. The van der Waals surface area contributed by atoms with E-state index in [4.69, 9.17) is 22.6 Å². The van der Waals surface area contributed by atoms with Crippen LogP contribution in [0.1, 0.15) is 48.3 Å². The monoisotopic (exact) mass is 491 g/mol. The molecule has 0 fully saturated rings. The summed E-state index contributed by atoms with van der Waals surface area (Å²) in [6, 6.07) is 7.25. The number of rotatable bonds is 4. The summed E-state index contributed by atoms with van der Waals surface area (Å²) in [4.78, 5) is 20.9. The minimum Gasteiger partial charge on any atom is -0.369 e. The number of anilines is 1. The van der Waals surface area contributed by atoms with E-state index in [-0.39, 0.29) is 33.5 Å². The van der Waals surface area contributed by atoms with Gasteiger partial charge in [0.2, 0.25) is 5.96 Å². The SMILES string of the molecule is CC(C)(/N=C(/N)N1CCCCN=[SH]1=O)c1cc(NC(=O)c2ncc(C#N)cc2Cl)ccc1F. The molecule has 2 aromatic rings. The number of aromatic nitrogens is 1. The minimum atomic E-state index is -2.04. The lowest BCUT2D eigenvalue weighted by molar-refractivity contribution is 0.102. The maximum absolute atomic E-state index is 14.7. The number of nitriles is 1. The molecule has 1 aliphatic heterocycles. The average molecular weight is 492 g/mol. The maximum atomic E-state index is 14.7. The number of carbonyl (C=O) groups excluding carboxylic acids is 1. The molecule has 33 heavy (non-hydrogen) atoms. The van der Waals surface area contributed by atoms with E-state index in [1.807, 2.05) is 6.07 Å². The van der Waals surface area contributed by atoms with Crippen molar-refractivity contribution in [3.8, 4) is 6.07 Å². The molecular weight excluding hydrogens is 469 g/mol. The van der Waals surface area contributed by atoms with E-state index in [0.717, 1.165) is 12.8 Å². The van der Waals surface area contributed by atoms with Crippen LogP contribution in [0.5, 0.6) is 0 Å². The average Bonchev–Trinajstić information content (AvgIpc) is 2.98. The van der Waals surface area contributed by atoms with Gasteiger partial charge in [-0.3, -0.25) is 9.10 Å². The van der Waals surface area contributed by atoms with Gasteiger partial charge in [-0.15, -0.1) is 0 Å². The number of nitrogens with zero attached hydrogens (tertiary/aromatic N) is 5. The second-order valence-corrected chi connectivity index (χ2v) is 9.47. The van der Waals surface area contributed by atoms with Gasteiger partial charge in [-0.25, -0.2) is 22.9 Å². The highest BCUT2D eigenvalue weighted by Crippen LogP contribution is 2.30. The van der Waals surface area contributed by atoms with Crippen LogP contribution in [0, 0.1) is 17.1 Å². The molecule has 1 aliphatic rings. The van der Waals surface area contributed by atoms with Gasteiger partial charge in [0.05, 0.1) is 16.1 Å². The lowest BCUT2D eigenvalue weighted by Crippen LogP contribution is -2.38. The fraction of sp³-hybridized carbons (Fsp3) is 0.333. The molecule has 3 N–H and O–H groups in total. The number of hydrogen-bond donors (Lipinski definition) is 3. The van der Waals surface area contributed by atoms with E-state index in [0.29, 0.717) is 13.1 Å². The highest BCUT2D eigenvalue weighted by Gasteiger charge is 2.26. The predicted molar refractivity (Wildman–Crippen MR) is 126 cm³/mol. The zero-order valence-electron chi connectivity index (χ0n) is 18.0. The van der Waals surface area contributed by atoms with Crippen molar-refractivity contribution in [3.05, 3.63) is 58.1 Å². The summed E-state index contributed by atoms with van der Waals surface area (Å²) >= 11 is 6.05. The Hall–Kier alpha value is -3.23.